The first-order valence-electron chi connectivity index (χ1n) is 8.26. The molecule has 1 aromatic heterocycles. The van der Waals surface area contributed by atoms with E-state index in [0.717, 1.165) is 36.4 Å². The van der Waals surface area contributed by atoms with E-state index in [1.807, 2.05) is 0 Å². The Kier molecular flexibility index (Phi) is 5.37. The lowest BCUT2D eigenvalue weighted by Crippen LogP contribution is -2.36. The molecule has 24 heavy (non-hydrogen) atoms. The van der Waals surface area contributed by atoms with Crippen molar-refractivity contribution in [3.05, 3.63) is 47.1 Å². The molecule has 6 heteroatoms. The zero-order valence-electron chi connectivity index (χ0n) is 13.7. The number of halogens is 1. The Morgan fingerprint density at radius 3 is 2.58 bits per heavy atom. The highest BCUT2D eigenvalue weighted by Crippen LogP contribution is 2.30. The molecule has 1 fully saturated rings. The van der Waals surface area contributed by atoms with Gasteiger partial charge in [0.25, 0.3) is 0 Å². The first kappa shape index (κ1) is 17.6. The SMILES string of the molecule is CCCN(Cc1ccc(-c2ccc(F)cc2)s1)C1CCS(=O)(=O)C1. The highest BCUT2D eigenvalue weighted by molar-refractivity contribution is 7.91. The molecule has 0 bridgehead atoms. The number of benzene rings is 1. The van der Waals surface area contributed by atoms with E-state index in [2.05, 4.69) is 24.0 Å². The first-order valence-corrected chi connectivity index (χ1v) is 10.9. The summed E-state index contributed by atoms with van der Waals surface area (Å²) < 4.78 is 36.6. The van der Waals surface area contributed by atoms with Gasteiger partial charge in [-0.25, -0.2) is 12.8 Å². The van der Waals surface area contributed by atoms with Gasteiger partial charge in [0, 0.05) is 22.3 Å². The van der Waals surface area contributed by atoms with Gasteiger partial charge in [-0.1, -0.05) is 19.1 Å². The van der Waals surface area contributed by atoms with Gasteiger partial charge in [-0.3, -0.25) is 4.90 Å². The molecular formula is C18H22FNO2S2. The lowest BCUT2D eigenvalue weighted by atomic mass is 10.2. The largest absolute Gasteiger partial charge is 0.294 e. The van der Waals surface area contributed by atoms with Crippen molar-refractivity contribution in [3.8, 4) is 10.4 Å². The molecule has 1 atom stereocenters. The highest BCUT2D eigenvalue weighted by Gasteiger charge is 2.32. The molecule has 0 amide bonds. The van der Waals surface area contributed by atoms with Crippen LogP contribution in [-0.2, 0) is 16.4 Å². The highest BCUT2D eigenvalue weighted by atomic mass is 32.2. The number of hydrogen-bond acceptors (Lipinski definition) is 4. The Morgan fingerprint density at radius 1 is 1.21 bits per heavy atom. The van der Waals surface area contributed by atoms with Gasteiger partial charge in [-0.15, -0.1) is 11.3 Å². The molecule has 130 valence electrons. The molecular weight excluding hydrogens is 345 g/mol. The van der Waals surface area contributed by atoms with Crippen LogP contribution < -0.4 is 0 Å². The normalized spacial score (nSPS) is 19.9. The summed E-state index contributed by atoms with van der Waals surface area (Å²) in [7, 11) is -2.87. The van der Waals surface area contributed by atoms with E-state index >= 15 is 0 Å². The zero-order chi connectivity index (χ0) is 17.2. The summed E-state index contributed by atoms with van der Waals surface area (Å²) in [5.74, 6) is 0.360. The fourth-order valence-electron chi connectivity index (χ4n) is 3.17. The summed E-state index contributed by atoms with van der Waals surface area (Å²) in [5, 5.41) is 0. The van der Waals surface area contributed by atoms with Crippen LogP contribution in [-0.4, -0.2) is 37.4 Å². The van der Waals surface area contributed by atoms with Crippen molar-refractivity contribution >= 4 is 21.2 Å². The van der Waals surface area contributed by atoms with E-state index in [9.17, 15) is 12.8 Å². The van der Waals surface area contributed by atoms with Gasteiger partial charge >= 0.3 is 0 Å². The summed E-state index contributed by atoms with van der Waals surface area (Å²) in [5.41, 5.74) is 1.01. The van der Waals surface area contributed by atoms with Crippen LogP contribution in [0.2, 0.25) is 0 Å². The minimum atomic E-state index is -2.87. The number of sulfone groups is 1. The van der Waals surface area contributed by atoms with Gasteiger partial charge in [-0.05, 0) is 49.2 Å². The van der Waals surface area contributed by atoms with Crippen LogP contribution in [0.15, 0.2) is 36.4 Å². The second-order valence-corrected chi connectivity index (χ2v) is 9.70. The zero-order valence-corrected chi connectivity index (χ0v) is 15.4. The van der Waals surface area contributed by atoms with Crippen molar-refractivity contribution in [2.75, 3.05) is 18.1 Å². The maximum Gasteiger partial charge on any atom is 0.151 e. The van der Waals surface area contributed by atoms with Crippen molar-refractivity contribution in [1.29, 1.82) is 0 Å². The molecule has 2 aromatic rings. The molecule has 1 aromatic carbocycles. The van der Waals surface area contributed by atoms with Gasteiger partial charge < -0.3 is 0 Å². The average Bonchev–Trinajstić information content (AvgIpc) is 3.14. The van der Waals surface area contributed by atoms with Crippen LogP contribution in [0.1, 0.15) is 24.6 Å². The maximum absolute atomic E-state index is 13.0. The standard InChI is InChI=1S/C18H22FNO2S2/c1-2-10-20(16-9-11-24(21,22)13-16)12-17-7-8-18(23-17)14-3-5-15(19)6-4-14/h3-8,16H,2,9-13H2,1H3. The molecule has 1 aliphatic heterocycles. The quantitative estimate of drug-likeness (QED) is 0.776. The predicted molar refractivity (Wildman–Crippen MR) is 97.5 cm³/mol. The molecule has 1 aliphatic rings. The molecule has 0 spiro atoms. The number of hydrogen-bond donors (Lipinski definition) is 0. The van der Waals surface area contributed by atoms with Gasteiger partial charge in [0.05, 0.1) is 11.5 Å². The van der Waals surface area contributed by atoms with Gasteiger partial charge in [0.1, 0.15) is 5.82 Å². The molecule has 0 aliphatic carbocycles. The minimum absolute atomic E-state index is 0.131. The first-order chi connectivity index (χ1) is 11.5. The minimum Gasteiger partial charge on any atom is -0.294 e. The van der Waals surface area contributed by atoms with Crippen LogP contribution in [0.25, 0.3) is 10.4 Å². The molecule has 3 rings (SSSR count). The fourth-order valence-corrected chi connectivity index (χ4v) is 5.97. The van der Waals surface area contributed by atoms with Gasteiger partial charge in [0.2, 0.25) is 0 Å². The lowest BCUT2D eigenvalue weighted by Gasteiger charge is -2.27. The smallest absolute Gasteiger partial charge is 0.151 e. The van der Waals surface area contributed by atoms with Crippen molar-refractivity contribution < 1.29 is 12.8 Å². The number of rotatable bonds is 6. The lowest BCUT2D eigenvalue weighted by molar-refractivity contribution is 0.205. The van der Waals surface area contributed by atoms with Crippen LogP contribution in [0.4, 0.5) is 4.39 Å². The van der Waals surface area contributed by atoms with E-state index in [1.165, 1.54) is 17.0 Å². The van der Waals surface area contributed by atoms with Gasteiger partial charge in [0.15, 0.2) is 9.84 Å². The van der Waals surface area contributed by atoms with E-state index in [1.54, 1.807) is 23.5 Å². The van der Waals surface area contributed by atoms with E-state index in [4.69, 9.17) is 0 Å². The fraction of sp³-hybridized carbons (Fsp3) is 0.444. The van der Waals surface area contributed by atoms with Crippen LogP contribution >= 0.6 is 11.3 Å². The van der Waals surface area contributed by atoms with Crippen LogP contribution in [0.3, 0.4) is 0 Å². The predicted octanol–water partition coefficient (Wildman–Crippen LogP) is 3.95. The Balaban J connectivity index is 1.72. The van der Waals surface area contributed by atoms with Crippen LogP contribution in [0, 0.1) is 5.82 Å². The Morgan fingerprint density at radius 2 is 1.96 bits per heavy atom. The van der Waals surface area contributed by atoms with E-state index in [0.29, 0.717) is 5.75 Å². The van der Waals surface area contributed by atoms with Crippen LogP contribution in [0.5, 0.6) is 0 Å². The van der Waals surface area contributed by atoms with Crippen molar-refractivity contribution in [1.82, 2.24) is 4.90 Å². The van der Waals surface area contributed by atoms with E-state index in [-0.39, 0.29) is 17.6 Å². The molecule has 2 heterocycles. The third-order valence-corrected chi connectivity index (χ3v) is 7.25. The third-order valence-electron chi connectivity index (χ3n) is 4.38. The second-order valence-electron chi connectivity index (χ2n) is 6.30. The number of thiophene rings is 1. The van der Waals surface area contributed by atoms with Crippen molar-refractivity contribution in [2.24, 2.45) is 0 Å². The summed E-state index contributed by atoms with van der Waals surface area (Å²) in [6.45, 7) is 3.80. The Labute approximate surface area is 147 Å². The topological polar surface area (TPSA) is 37.4 Å². The molecule has 0 saturated carbocycles. The average molecular weight is 368 g/mol. The molecule has 1 unspecified atom stereocenters. The second kappa shape index (κ2) is 7.33. The maximum atomic E-state index is 13.0. The molecule has 3 nitrogen and oxygen atoms in total. The monoisotopic (exact) mass is 367 g/mol. The third kappa shape index (κ3) is 4.23. The molecule has 1 saturated heterocycles. The summed E-state index contributed by atoms with van der Waals surface area (Å²) in [6, 6.07) is 10.8. The van der Waals surface area contributed by atoms with Gasteiger partial charge in [-0.2, -0.15) is 0 Å². The number of nitrogens with zero attached hydrogens (tertiary/aromatic N) is 1. The Hall–Kier alpha value is -1.24. The summed E-state index contributed by atoms with van der Waals surface area (Å²) in [6.07, 6.45) is 1.74. The molecule has 0 N–H and O–H groups in total. The van der Waals surface area contributed by atoms with Crippen molar-refractivity contribution in [3.63, 3.8) is 0 Å². The summed E-state index contributed by atoms with van der Waals surface area (Å²) in [4.78, 5) is 4.62. The summed E-state index contributed by atoms with van der Waals surface area (Å²) >= 11 is 1.69. The molecule has 0 radical (unpaired) electrons. The Bertz CT molecular complexity index is 784. The van der Waals surface area contributed by atoms with E-state index < -0.39 is 9.84 Å². The van der Waals surface area contributed by atoms with Crippen molar-refractivity contribution in [2.45, 2.75) is 32.4 Å².